The van der Waals surface area contributed by atoms with E-state index in [-0.39, 0.29) is 6.42 Å². The molecule has 0 saturated carbocycles. The minimum atomic E-state index is -1.19. The van der Waals surface area contributed by atoms with Crippen molar-refractivity contribution >= 4 is 17.7 Å². The smallest absolute Gasteiger partial charge is 0.353 e. The summed E-state index contributed by atoms with van der Waals surface area (Å²) in [4.78, 5) is 22.6. The number of carboxylic acid groups (broad SMARTS) is 1. The van der Waals surface area contributed by atoms with Gasteiger partial charge >= 0.3 is 11.9 Å². The van der Waals surface area contributed by atoms with E-state index in [9.17, 15) is 9.59 Å². The Morgan fingerprint density at radius 2 is 1.89 bits per heavy atom. The quantitative estimate of drug-likeness (QED) is 0.410. The number of ether oxygens (including phenoxy) is 2. The Kier molecular flexibility index (Phi) is 6.54. The van der Waals surface area contributed by atoms with Crippen LogP contribution in [0.4, 0.5) is 0 Å². The van der Waals surface area contributed by atoms with Gasteiger partial charge in [-0.25, -0.2) is 4.79 Å². The van der Waals surface area contributed by atoms with Crippen LogP contribution >= 0.6 is 0 Å². The molecule has 0 aliphatic heterocycles. The molecule has 0 aromatic heterocycles. The molecule has 0 rings (SSSR count). The summed E-state index contributed by atoms with van der Waals surface area (Å²) >= 11 is 0. The molecule has 0 aliphatic carbocycles. The molecule has 0 aliphatic rings. The normalized spacial score (nSPS) is 12.9. The second kappa shape index (κ2) is 7.10. The first-order chi connectivity index (χ1) is 8.19. The van der Waals surface area contributed by atoms with Crippen molar-refractivity contribution in [1.82, 2.24) is 0 Å². The lowest BCUT2D eigenvalue weighted by Gasteiger charge is -2.21. The summed E-state index contributed by atoms with van der Waals surface area (Å²) in [6, 6.07) is 0. The summed E-state index contributed by atoms with van der Waals surface area (Å²) in [5.41, 5.74) is -1.26. The zero-order valence-corrected chi connectivity index (χ0v) is 11.3. The highest BCUT2D eigenvalue weighted by atomic mass is 16.6. The summed E-state index contributed by atoms with van der Waals surface area (Å²) in [6.07, 6.45) is 0.653. The molecular formula is C12H21NO5. The zero-order valence-electron chi connectivity index (χ0n) is 11.3. The van der Waals surface area contributed by atoms with Crippen LogP contribution in [-0.2, 0) is 19.1 Å². The topological polar surface area (TPSA) is 96.7 Å². The molecule has 0 heterocycles. The third-order valence-electron chi connectivity index (χ3n) is 2.11. The largest absolute Gasteiger partial charge is 0.481 e. The van der Waals surface area contributed by atoms with E-state index in [0.29, 0.717) is 13.0 Å². The van der Waals surface area contributed by atoms with E-state index in [0.717, 1.165) is 0 Å². The standard InChI is InChI=1S/C12H21NO5/c1-12(2,3)18-11(16)9(13)8(10(14)15)6-5-7-17-4/h8,13H,5-7H2,1-4H3,(H,14,15)/t8-/m0/s1. The van der Waals surface area contributed by atoms with E-state index >= 15 is 0 Å². The molecule has 18 heavy (non-hydrogen) atoms. The lowest BCUT2D eigenvalue weighted by molar-refractivity contribution is -0.149. The maximum absolute atomic E-state index is 11.6. The van der Waals surface area contributed by atoms with E-state index in [1.165, 1.54) is 7.11 Å². The van der Waals surface area contributed by atoms with Crippen LogP contribution in [0, 0.1) is 11.3 Å². The van der Waals surface area contributed by atoms with Gasteiger partial charge in [0.25, 0.3) is 0 Å². The van der Waals surface area contributed by atoms with E-state index in [4.69, 9.17) is 20.0 Å². The van der Waals surface area contributed by atoms with Gasteiger partial charge in [-0.2, -0.15) is 0 Å². The number of methoxy groups -OCH3 is 1. The molecule has 0 bridgehead atoms. The van der Waals surface area contributed by atoms with Crippen molar-refractivity contribution in [2.75, 3.05) is 13.7 Å². The van der Waals surface area contributed by atoms with Crippen LogP contribution in [-0.4, -0.2) is 42.1 Å². The highest BCUT2D eigenvalue weighted by Gasteiger charge is 2.30. The Balaban J connectivity index is 4.56. The van der Waals surface area contributed by atoms with Gasteiger partial charge in [-0.3, -0.25) is 10.2 Å². The molecule has 6 heteroatoms. The van der Waals surface area contributed by atoms with E-state index in [1.807, 2.05) is 0 Å². The Labute approximate surface area is 107 Å². The second-order valence-corrected chi connectivity index (χ2v) is 4.94. The first-order valence-corrected chi connectivity index (χ1v) is 5.72. The first kappa shape index (κ1) is 16.6. The number of carbonyl (C=O) groups is 2. The van der Waals surface area contributed by atoms with Gasteiger partial charge in [0.15, 0.2) is 0 Å². The highest BCUT2D eigenvalue weighted by molar-refractivity contribution is 6.39. The fraction of sp³-hybridized carbons (Fsp3) is 0.750. The maximum Gasteiger partial charge on any atom is 0.353 e. The summed E-state index contributed by atoms with van der Waals surface area (Å²) in [5.74, 6) is -3.22. The molecule has 0 unspecified atom stereocenters. The minimum absolute atomic E-state index is 0.182. The number of hydrogen-bond acceptors (Lipinski definition) is 5. The van der Waals surface area contributed by atoms with Gasteiger partial charge in [0.05, 0.1) is 0 Å². The van der Waals surface area contributed by atoms with E-state index < -0.39 is 29.2 Å². The molecule has 0 spiro atoms. The number of nitrogens with one attached hydrogen (secondary N) is 1. The van der Waals surface area contributed by atoms with Crippen molar-refractivity contribution in [3.8, 4) is 0 Å². The van der Waals surface area contributed by atoms with Crippen LogP contribution in [0.25, 0.3) is 0 Å². The van der Waals surface area contributed by atoms with Gasteiger partial charge in [0.1, 0.15) is 17.2 Å². The number of hydrogen-bond donors (Lipinski definition) is 2. The van der Waals surface area contributed by atoms with Crippen LogP contribution < -0.4 is 0 Å². The monoisotopic (exact) mass is 259 g/mol. The molecule has 2 N–H and O–H groups in total. The number of carboxylic acids is 1. The average molecular weight is 259 g/mol. The Hall–Kier alpha value is -1.43. The Bertz CT molecular complexity index is 319. The predicted molar refractivity (Wildman–Crippen MR) is 65.8 cm³/mol. The lowest BCUT2D eigenvalue weighted by Crippen LogP contribution is -2.35. The molecule has 0 amide bonds. The van der Waals surface area contributed by atoms with Gasteiger partial charge < -0.3 is 14.6 Å². The van der Waals surface area contributed by atoms with Gasteiger partial charge in [0, 0.05) is 13.7 Å². The van der Waals surface area contributed by atoms with E-state index in [1.54, 1.807) is 20.8 Å². The van der Waals surface area contributed by atoms with Gasteiger partial charge in [0.2, 0.25) is 0 Å². The minimum Gasteiger partial charge on any atom is -0.481 e. The van der Waals surface area contributed by atoms with Crippen LogP contribution in [0.1, 0.15) is 33.6 Å². The maximum atomic E-state index is 11.6. The van der Waals surface area contributed by atoms with E-state index in [2.05, 4.69) is 0 Å². The third-order valence-corrected chi connectivity index (χ3v) is 2.11. The summed E-state index contributed by atoms with van der Waals surface area (Å²) in [6.45, 7) is 5.39. The lowest BCUT2D eigenvalue weighted by atomic mass is 9.97. The molecule has 104 valence electrons. The van der Waals surface area contributed by atoms with Crippen LogP contribution in [0.3, 0.4) is 0 Å². The second-order valence-electron chi connectivity index (χ2n) is 4.94. The first-order valence-electron chi connectivity index (χ1n) is 5.72. The Morgan fingerprint density at radius 1 is 1.33 bits per heavy atom. The van der Waals surface area contributed by atoms with Crippen molar-refractivity contribution < 1.29 is 24.2 Å². The third kappa shape index (κ3) is 6.34. The highest BCUT2D eigenvalue weighted by Crippen LogP contribution is 2.14. The number of esters is 1. The molecule has 0 saturated heterocycles. The summed E-state index contributed by atoms with van der Waals surface area (Å²) in [7, 11) is 1.51. The fourth-order valence-corrected chi connectivity index (χ4v) is 1.30. The van der Waals surface area contributed by atoms with Crippen molar-refractivity contribution in [3.63, 3.8) is 0 Å². The summed E-state index contributed by atoms with van der Waals surface area (Å²) in [5, 5.41) is 16.6. The van der Waals surface area contributed by atoms with Crippen LogP contribution in [0.5, 0.6) is 0 Å². The number of rotatable bonds is 7. The fourth-order valence-electron chi connectivity index (χ4n) is 1.30. The average Bonchev–Trinajstić information content (AvgIpc) is 2.20. The molecule has 0 aromatic carbocycles. The molecule has 6 nitrogen and oxygen atoms in total. The van der Waals surface area contributed by atoms with Gasteiger partial charge in [-0.05, 0) is 33.6 Å². The molecule has 1 atom stereocenters. The van der Waals surface area contributed by atoms with Crippen molar-refractivity contribution in [3.05, 3.63) is 0 Å². The van der Waals surface area contributed by atoms with Crippen LogP contribution in [0.15, 0.2) is 0 Å². The van der Waals surface area contributed by atoms with Gasteiger partial charge in [-0.1, -0.05) is 0 Å². The van der Waals surface area contributed by atoms with Crippen molar-refractivity contribution in [1.29, 1.82) is 5.41 Å². The molecule has 0 radical (unpaired) electrons. The molecule has 0 aromatic rings. The number of aliphatic carboxylic acids is 1. The number of carbonyl (C=O) groups excluding carboxylic acids is 1. The van der Waals surface area contributed by atoms with Crippen LogP contribution in [0.2, 0.25) is 0 Å². The molecule has 0 fully saturated rings. The zero-order chi connectivity index (χ0) is 14.3. The van der Waals surface area contributed by atoms with Crippen molar-refractivity contribution in [2.24, 2.45) is 5.92 Å². The summed E-state index contributed by atoms with van der Waals surface area (Å²) < 4.78 is 9.79. The Morgan fingerprint density at radius 3 is 2.28 bits per heavy atom. The SMILES string of the molecule is COCCC[C@@H](C(=N)C(=O)OC(C)(C)C)C(=O)O. The van der Waals surface area contributed by atoms with Gasteiger partial charge in [-0.15, -0.1) is 0 Å². The predicted octanol–water partition coefficient (Wildman–Crippen LogP) is 1.48. The van der Waals surface area contributed by atoms with Crippen molar-refractivity contribution in [2.45, 2.75) is 39.2 Å². The molecular weight excluding hydrogens is 238 g/mol.